The van der Waals surface area contributed by atoms with Gasteiger partial charge >= 0.3 is 0 Å². The molecule has 3 aliphatic rings. The molecule has 0 amide bonds. The van der Waals surface area contributed by atoms with E-state index in [1.165, 1.54) is 22.5 Å². The fraction of sp³-hybridized carbons (Fsp3) is 0.341. The molecule has 1 unspecified atom stereocenters. The maximum absolute atomic E-state index is 10.0. The van der Waals surface area contributed by atoms with Crippen molar-refractivity contribution in [2.24, 2.45) is 11.3 Å². The van der Waals surface area contributed by atoms with Gasteiger partial charge < -0.3 is 9.64 Å². The van der Waals surface area contributed by atoms with Gasteiger partial charge in [-0.2, -0.15) is 15.8 Å². The average molecular weight is 720 g/mol. The van der Waals surface area contributed by atoms with Gasteiger partial charge in [0.05, 0.1) is 0 Å². The number of nitrogens with zero attached hydrogens (tertiary/aromatic N) is 4. The van der Waals surface area contributed by atoms with Crippen LogP contribution in [0.5, 0.6) is 0 Å². The van der Waals surface area contributed by atoms with Crippen molar-refractivity contribution in [1.29, 1.82) is 15.8 Å². The summed E-state index contributed by atoms with van der Waals surface area (Å²) in [4.78, 5) is 2.41. The normalized spacial score (nSPS) is 21.8. The number of ether oxygens (including phenoxy) is 1. The molecule has 2 heterocycles. The predicted molar refractivity (Wildman–Crippen MR) is 196 cm³/mol. The molecule has 7 heteroatoms. The van der Waals surface area contributed by atoms with Gasteiger partial charge in [0.25, 0.3) is 0 Å². The smallest absolute Gasteiger partial charge is 0.172 e. The fourth-order valence-corrected chi connectivity index (χ4v) is 7.36. The van der Waals surface area contributed by atoms with Gasteiger partial charge in [0.2, 0.25) is 0 Å². The Kier molecular flexibility index (Phi) is 9.72. The lowest BCUT2D eigenvalue weighted by atomic mass is 9.70. The Morgan fingerprint density at radius 2 is 1.65 bits per heavy atom. The van der Waals surface area contributed by atoms with Gasteiger partial charge in [0, 0.05) is 38.4 Å². The quantitative estimate of drug-likeness (QED) is 0.287. The average Bonchev–Trinajstić information content (AvgIpc) is 3.41. The molecule has 2 aromatic carbocycles. The largest absolute Gasteiger partial charge is 0.480 e. The molecule has 5 nitrogen and oxygen atoms in total. The zero-order valence-electron chi connectivity index (χ0n) is 28.6. The number of hydrogen-bond donors (Lipinski definition) is 0. The third-order valence-corrected chi connectivity index (χ3v) is 10.7. The topological polar surface area (TPSA) is 83.8 Å². The molecule has 2 aromatic rings. The summed E-state index contributed by atoms with van der Waals surface area (Å²) in [6.07, 6.45) is 9.91. The van der Waals surface area contributed by atoms with Crippen molar-refractivity contribution >= 4 is 33.2 Å². The predicted octanol–water partition coefficient (Wildman–Crippen LogP) is 11.0. The van der Waals surface area contributed by atoms with Gasteiger partial charge in [-0.05, 0) is 84.6 Å². The first kappa shape index (κ1) is 35.0. The summed E-state index contributed by atoms with van der Waals surface area (Å²) in [5.41, 5.74) is 6.48. The van der Waals surface area contributed by atoms with E-state index < -0.39 is 5.60 Å². The standard InChI is InChI=1S/C41H40BrClN4O/c1-39(2,3)30-20-27(14-18-33-32(24-46)38(29(22-44)23-45)48-41(33,6)7)37(43)28(21-30)15-19-36-40(4,5)34-10-8-9-11-35(34)47(36)25-26-12-16-31(42)17-13-26/h8-19,30H,20-21,25H2,1-7H3. The van der Waals surface area contributed by atoms with Crippen LogP contribution in [0, 0.1) is 45.3 Å². The summed E-state index contributed by atoms with van der Waals surface area (Å²) in [7, 11) is 0. The summed E-state index contributed by atoms with van der Waals surface area (Å²) < 4.78 is 7.04. The van der Waals surface area contributed by atoms with Crippen LogP contribution < -0.4 is 4.90 Å². The van der Waals surface area contributed by atoms with Crippen LogP contribution in [0.1, 0.15) is 72.4 Å². The number of anilines is 1. The number of allylic oxidation sites excluding steroid dienone is 9. The van der Waals surface area contributed by atoms with Gasteiger partial charge in [-0.25, -0.2) is 0 Å². The van der Waals surface area contributed by atoms with E-state index in [1.54, 1.807) is 0 Å². The Hall–Kier alpha value is -4.28. The molecule has 0 saturated heterocycles. The van der Waals surface area contributed by atoms with Crippen molar-refractivity contribution in [1.82, 2.24) is 0 Å². The van der Waals surface area contributed by atoms with E-state index in [4.69, 9.17) is 16.3 Å². The van der Waals surface area contributed by atoms with Crippen LogP contribution >= 0.6 is 27.5 Å². The molecule has 1 aliphatic carbocycles. The molecule has 0 radical (unpaired) electrons. The molecule has 0 spiro atoms. The molecule has 0 N–H and O–H groups in total. The van der Waals surface area contributed by atoms with E-state index in [9.17, 15) is 15.8 Å². The van der Waals surface area contributed by atoms with Crippen LogP contribution in [0.15, 0.2) is 122 Å². The highest BCUT2D eigenvalue weighted by molar-refractivity contribution is 9.10. The maximum Gasteiger partial charge on any atom is 0.172 e. The summed E-state index contributed by atoms with van der Waals surface area (Å²) >= 11 is 10.8. The summed E-state index contributed by atoms with van der Waals surface area (Å²) in [6.45, 7) is 15.7. The molecular formula is C41H40BrClN4O. The molecule has 0 aromatic heterocycles. The lowest BCUT2D eigenvalue weighted by molar-refractivity contribution is 0.0954. The van der Waals surface area contributed by atoms with Crippen LogP contribution in [0.3, 0.4) is 0 Å². The summed E-state index contributed by atoms with van der Waals surface area (Å²) in [6, 6.07) is 23.0. The second-order valence-electron chi connectivity index (χ2n) is 14.7. The number of fused-ring (bicyclic) bond motifs is 1. The highest BCUT2D eigenvalue weighted by atomic mass is 79.9. The molecule has 244 valence electrons. The molecule has 1 atom stereocenters. The van der Waals surface area contributed by atoms with Crippen molar-refractivity contribution in [2.45, 2.75) is 78.9 Å². The van der Waals surface area contributed by atoms with E-state index in [0.29, 0.717) is 16.5 Å². The minimum atomic E-state index is -0.897. The van der Waals surface area contributed by atoms with Gasteiger partial charge in [0.1, 0.15) is 29.4 Å². The Labute approximate surface area is 298 Å². The fourth-order valence-electron chi connectivity index (χ4n) is 6.81. The number of hydrogen-bond acceptors (Lipinski definition) is 5. The van der Waals surface area contributed by atoms with Crippen LogP contribution in [-0.2, 0) is 16.7 Å². The number of nitriles is 3. The third kappa shape index (κ3) is 6.69. The van der Waals surface area contributed by atoms with Gasteiger partial charge in [-0.1, -0.05) is 111 Å². The molecule has 0 saturated carbocycles. The van der Waals surface area contributed by atoms with Crippen LogP contribution in [0.4, 0.5) is 5.69 Å². The van der Waals surface area contributed by atoms with E-state index >= 15 is 0 Å². The van der Waals surface area contributed by atoms with Crippen LogP contribution in [-0.4, -0.2) is 5.60 Å². The van der Waals surface area contributed by atoms with Gasteiger partial charge in [0.15, 0.2) is 11.3 Å². The number of para-hydroxylation sites is 1. The van der Waals surface area contributed by atoms with Gasteiger partial charge in [-0.3, -0.25) is 0 Å². The molecule has 48 heavy (non-hydrogen) atoms. The van der Waals surface area contributed by atoms with Crippen molar-refractivity contribution in [3.05, 3.63) is 133 Å². The van der Waals surface area contributed by atoms with Crippen LogP contribution in [0.25, 0.3) is 0 Å². The second kappa shape index (κ2) is 13.3. The van der Waals surface area contributed by atoms with E-state index in [2.05, 4.69) is 122 Å². The summed E-state index contributed by atoms with van der Waals surface area (Å²) in [5, 5.41) is 29.7. The van der Waals surface area contributed by atoms with E-state index in [0.717, 1.165) is 35.0 Å². The van der Waals surface area contributed by atoms with Crippen molar-refractivity contribution in [3.8, 4) is 18.2 Å². The maximum atomic E-state index is 10.0. The number of rotatable bonds is 5. The molecule has 2 aliphatic heterocycles. The first-order chi connectivity index (χ1) is 22.6. The number of halogens is 2. The summed E-state index contributed by atoms with van der Waals surface area (Å²) in [5.74, 6) is 0.358. The van der Waals surface area contributed by atoms with Crippen molar-refractivity contribution in [2.75, 3.05) is 4.90 Å². The lowest BCUT2D eigenvalue weighted by Gasteiger charge is -2.36. The Balaban J connectivity index is 1.60. The molecule has 0 fully saturated rings. The number of benzene rings is 2. The van der Waals surface area contributed by atoms with Crippen LogP contribution in [0.2, 0.25) is 0 Å². The molecule has 5 rings (SSSR count). The van der Waals surface area contributed by atoms with Gasteiger partial charge in [-0.15, -0.1) is 0 Å². The van der Waals surface area contributed by atoms with E-state index in [-0.39, 0.29) is 27.7 Å². The molecule has 0 bridgehead atoms. The third-order valence-electron chi connectivity index (χ3n) is 9.73. The first-order valence-electron chi connectivity index (χ1n) is 16.1. The Morgan fingerprint density at radius 3 is 2.27 bits per heavy atom. The highest BCUT2D eigenvalue weighted by Gasteiger charge is 2.41. The minimum Gasteiger partial charge on any atom is -0.480 e. The second-order valence-corrected chi connectivity index (χ2v) is 16.0. The molecular weight excluding hydrogens is 680 g/mol. The van der Waals surface area contributed by atoms with Crippen molar-refractivity contribution < 1.29 is 4.74 Å². The first-order valence-corrected chi connectivity index (χ1v) is 17.3. The minimum absolute atomic E-state index is 0.0244. The zero-order chi connectivity index (χ0) is 35.0. The zero-order valence-corrected chi connectivity index (χ0v) is 30.9. The van der Waals surface area contributed by atoms with E-state index in [1.807, 2.05) is 38.1 Å². The Morgan fingerprint density at radius 1 is 0.979 bits per heavy atom. The van der Waals surface area contributed by atoms with Crippen molar-refractivity contribution in [3.63, 3.8) is 0 Å². The Bertz CT molecular complexity index is 1950. The SMILES string of the molecule is CC1(C)OC(=C(C#N)C#N)C(C#N)=C1C=CC1=C(Cl)C(=CC=C2N(Cc3ccc(Br)cc3)c3ccccc3C2(C)C)CC(C(C)(C)C)C1. The monoisotopic (exact) mass is 718 g/mol. The highest BCUT2D eigenvalue weighted by Crippen LogP contribution is 2.50. The lowest BCUT2D eigenvalue weighted by Crippen LogP contribution is -2.26.